The smallest absolute Gasteiger partial charge is 0.230 e. The first-order valence-electron chi connectivity index (χ1n) is 6.36. The summed E-state index contributed by atoms with van der Waals surface area (Å²) in [5.74, 6) is -0.0343. The number of carbonyl (C=O) groups excluding carboxylic acids is 2. The van der Waals surface area contributed by atoms with Gasteiger partial charge in [-0.1, -0.05) is 18.2 Å². The van der Waals surface area contributed by atoms with Crippen LogP contribution in [0.15, 0.2) is 36.5 Å². The van der Waals surface area contributed by atoms with E-state index < -0.39 is 0 Å². The molecule has 96 valence electrons. The van der Waals surface area contributed by atoms with Crippen molar-refractivity contribution in [3.63, 3.8) is 0 Å². The van der Waals surface area contributed by atoms with Crippen LogP contribution >= 0.6 is 0 Å². The van der Waals surface area contributed by atoms with Gasteiger partial charge in [-0.3, -0.25) is 14.6 Å². The van der Waals surface area contributed by atoms with Crippen molar-refractivity contribution >= 4 is 22.6 Å². The summed E-state index contributed by atoms with van der Waals surface area (Å²) in [5.41, 5.74) is 2.13. The quantitative estimate of drug-likeness (QED) is 0.781. The highest BCUT2D eigenvalue weighted by atomic mass is 16.2. The summed E-state index contributed by atoms with van der Waals surface area (Å²) < 4.78 is 0. The largest absolute Gasteiger partial charge is 0.335 e. The Hall–Kier alpha value is -2.23. The molecule has 1 aliphatic heterocycles. The molecular formula is C15H14N2O2. The second-order valence-electron chi connectivity index (χ2n) is 4.77. The van der Waals surface area contributed by atoms with Crippen LogP contribution in [-0.2, 0) is 16.0 Å². The third-order valence-electron chi connectivity index (χ3n) is 3.46. The summed E-state index contributed by atoms with van der Waals surface area (Å²) in [5, 5.41) is 1.11. The highest BCUT2D eigenvalue weighted by Gasteiger charge is 2.26. The van der Waals surface area contributed by atoms with Crippen LogP contribution in [0.25, 0.3) is 10.9 Å². The van der Waals surface area contributed by atoms with Crippen molar-refractivity contribution < 1.29 is 9.59 Å². The van der Waals surface area contributed by atoms with Gasteiger partial charge in [0.05, 0.1) is 18.5 Å². The highest BCUT2D eigenvalue weighted by molar-refractivity contribution is 6.05. The average molecular weight is 254 g/mol. The molecule has 4 heteroatoms. The van der Waals surface area contributed by atoms with Gasteiger partial charge in [-0.15, -0.1) is 0 Å². The van der Waals surface area contributed by atoms with Gasteiger partial charge in [0, 0.05) is 18.1 Å². The van der Waals surface area contributed by atoms with Crippen LogP contribution in [0, 0.1) is 0 Å². The van der Waals surface area contributed by atoms with Crippen molar-refractivity contribution in [3.8, 4) is 0 Å². The second-order valence-corrected chi connectivity index (χ2v) is 4.77. The van der Waals surface area contributed by atoms with Gasteiger partial charge in [0.2, 0.25) is 5.91 Å². The van der Waals surface area contributed by atoms with Gasteiger partial charge in [-0.05, 0) is 24.1 Å². The number of hydrogen-bond donors (Lipinski definition) is 0. The molecule has 0 bridgehead atoms. The van der Waals surface area contributed by atoms with E-state index in [-0.39, 0.29) is 24.7 Å². The van der Waals surface area contributed by atoms with Crippen LogP contribution in [0.3, 0.4) is 0 Å². The lowest BCUT2D eigenvalue weighted by molar-refractivity contribution is -0.127. The first kappa shape index (κ1) is 11.8. The zero-order valence-corrected chi connectivity index (χ0v) is 10.5. The second kappa shape index (κ2) is 4.80. The fourth-order valence-corrected chi connectivity index (χ4v) is 2.47. The number of nitrogens with zero attached hydrogens (tertiary/aromatic N) is 2. The number of carbonyl (C=O) groups is 2. The molecule has 0 aliphatic carbocycles. The van der Waals surface area contributed by atoms with Gasteiger partial charge in [0.25, 0.3) is 0 Å². The molecule has 0 radical (unpaired) electrons. The predicted octanol–water partition coefficient (Wildman–Crippen LogP) is 1.58. The van der Waals surface area contributed by atoms with Gasteiger partial charge >= 0.3 is 0 Å². The first-order valence-corrected chi connectivity index (χ1v) is 6.36. The Morgan fingerprint density at radius 2 is 2.00 bits per heavy atom. The van der Waals surface area contributed by atoms with E-state index in [0.29, 0.717) is 6.54 Å². The number of aromatic nitrogens is 1. The van der Waals surface area contributed by atoms with Gasteiger partial charge < -0.3 is 4.90 Å². The van der Waals surface area contributed by atoms with Gasteiger partial charge in [-0.25, -0.2) is 0 Å². The summed E-state index contributed by atoms with van der Waals surface area (Å²) in [4.78, 5) is 28.7. The third kappa shape index (κ3) is 2.34. The van der Waals surface area contributed by atoms with Crippen LogP contribution < -0.4 is 0 Å². The number of ketones is 1. The number of pyridine rings is 1. The molecule has 0 N–H and O–H groups in total. The number of Topliss-reactive ketones (excluding diaryl/α,β-unsaturated/α-hetero) is 1. The summed E-state index contributed by atoms with van der Waals surface area (Å²) >= 11 is 0. The molecular weight excluding hydrogens is 240 g/mol. The minimum atomic E-state index is -0.0524. The first-order chi connectivity index (χ1) is 9.24. The predicted molar refractivity (Wildman–Crippen MR) is 71.7 cm³/mol. The summed E-state index contributed by atoms with van der Waals surface area (Å²) in [6, 6.07) is 9.93. The molecule has 0 unspecified atom stereocenters. The van der Waals surface area contributed by atoms with Crippen LogP contribution in [0.2, 0.25) is 0 Å². The highest BCUT2D eigenvalue weighted by Crippen LogP contribution is 2.17. The van der Waals surface area contributed by atoms with E-state index in [9.17, 15) is 9.59 Å². The number of amides is 1. The fourth-order valence-electron chi connectivity index (χ4n) is 2.47. The maximum absolute atomic E-state index is 11.6. The molecule has 2 heterocycles. The zero-order valence-electron chi connectivity index (χ0n) is 10.5. The zero-order chi connectivity index (χ0) is 13.2. The van der Waals surface area contributed by atoms with Gasteiger partial charge in [0.15, 0.2) is 5.78 Å². The Bertz CT molecular complexity index is 646. The number of para-hydroxylation sites is 1. The van der Waals surface area contributed by atoms with Crippen molar-refractivity contribution in [2.45, 2.75) is 12.8 Å². The summed E-state index contributed by atoms with van der Waals surface area (Å²) in [6.45, 7) is 0.862. The van der Waals surface area contributed by atoms with Gasteiger partial charge in [-0.2, -0.15) is 0 Å². The molecule has 1 aromatic carbocycles. The number of rotatable bonds is 3. The Kier molecular flexibility index (Phi) is 2.99. The lowest BCUT2D eigenvalue weighted by Crippen LogP contribution is -2.27. The summed E-state index contributed by atoms with van der Waals surface area (Å²) in [7, 11) is 0. The molecule has 1 saturated heterocycles. The monoisotopic (exact) mass is 254 g/mol. The van der Waals surface area contributed by atoms with E-state index in [4.69, 9.17) is 0 Å². The molecule has 3 rings (SSSR count). The molecule has 19 heavy (non-hydrogen) atoms. The molecule has 1 amide bonds. The molecule has 4 nitrogen and oxygen atoms in total. The number of hydrogen-bond acceptors (Lipinski definition) is 3. The third-order valence-corrected chi connectivity index (χ3v) is 3.46. The van der Waals surface area contributed by atoms with Gasteiger partial charge in [0.1, 0.15) is 0 Å². The maximum atomic E-state index is 11.6. The molecule has 1 aromatic heterocycles. The molecule has 1 aliphatic rings. The molecule has 0 saturated carbocycles. The molecule has 0 spiro atoms. The SMILES string of the molecule is O=C1CC(=O)N(CCc2ccnc3ccccc23)C1. The Balaban J connectivity index is 1.79. The van der Waals surface area contributed by atoms with Crippen molar-refractivity contribution in [2.75, 3.05) is 13.1 Å². The van der Waals surface area contributed by atoms with Crippen LogP contribution in [-0.4, -0.2) is 34.7 Å². The summed E-state index contributed by atoms with van der Waals surface area (Å²) in [6.07, 6.45) is 2.60. The fraction of sp³-hybridized carbons (Fsp3) is 0.267. The number of benzene rings is 1. The van der Waals surface area contributed by atoms with E-state index in [1.54, 1.807) is 11.1 Å². The number of fused-ring (bicyclic) bond motifs is 1. The van der Waals surface area contributed by atoms with Crippen LogP contribution in [0.5, 0.6) is 0 Å². The Morgan fingerprint density at radius 1 is 1.16 bits per heavy atom. The standard InChI is InChI=1S/C15H14N2O2/c18-12-9-15(19)17(10-12)8-6-11-5-7-16-14-4-2-1-3-13(11)14/h1-5,7H,6,8-10H2. The van der Waals surface area contributed by atoms with Crippen molar-refractivity contribution in [3.05, 3.63) is 42.1 Å². The van der Waals surface area contributed by atoms with Crippen LogP contribution in [0.1, 0.15) is 12.0 Å². The van der Waals surface area contributed by atoms with E-state index in [1.807, 2.05) is 30.3 Å². The van der Waals surface area contributed by atoms with Crippen molar-refractivity contribution in [1.82, 2.24) is 9.88 Å². The van der Waals surface area contributed by atoms with Crippen molar-refractivity contribution in [1.29, 1.82) is 0 Å². The molecule has 2 aromatic rings. The average Bonchev–Trinajstić information content (AvgIpc) is 2.74. The Morgan fingerprint density at radius 3 is 2.79 bits per heavy atom. The van der Waals surface area contributed by atoms with Crippen molar-refractivity contribution in [2.24, 2.45) is 0 Å². The van der Waals surface area contributed by atoms with E-state index in [0.717, 1.165) is 22.9 Å². The van der Waals surface area contributed by atoms with Crippen LogP contribution in [0.4, 0.5) is 0 Å². The minimum Gasteiger partial charge on any atom is -0.335 e. The topological polar surface area (TPSA) is 50.3 Å². The molecule has 1 fully saturated rings. The lowest BCUT2D eigenvalue weighted by atomic mass is 10.1. The normalized spacial score (nSPS) is 15.5. The van der Waals surface area contributed by atoms with E-state index >= 15 is 0 Å². The number of likely N-dealkylation sites (tertiary alicyclic amines) is 1. The minimum absolute atomic E-state index is 0.0181. The Labute approximate surface area is 111 Å². The van der Waals surface area contributed by atoms with E-state index in [2.05, 4.69) is 4.98 Å². The maximum Gasteiger partial charge on any atom is 0.230 e. The van der Waals surface area contributed by atoms with E-state index in [1.165, 1.54) is 0 Å². The molecule has 0 atom stereocenters. The lowest BCUT2D eigenvalue weighted by Gasteiger charge is -2.15.